The molecule has 0 saturated carbocycles. The van der Waals surface area contributed by atoms with Crippen molar-refractivity contribution >= 4 is 40.1 Å². The quantitative estimate of drug-likeness (QED) is 0.404. The lowest BCUT2D eigenvalue weighted by atomic mass is 10.1. The summed E-state index contributed by atoms with van der Waals surface area (Å²) in [6, 6.07) is 20.6. The van der Waals surface area contributed by atoms with E-state index in [9.17, 15) is 4.79 Å². The van der Waals surface area contributed by atoms with E-state index in [0.29, 0.717) is 22.2 Å². The molecule has 0 spiro atoms. The van der Waals surface area contributed by atoms with E-state index >= 15 is 0 Å². The van der Waals surface area contributed by atoms with Gasteiger partial charge in [-0.05, 0) is 55.8 Å². The van der Waals surface area contributed by atoms with Crippen molar-refractivity contribution in [2.45, 2.75) is 26.4 Å². The van der Waals surface area contributed by atoms with Crippen LogP contribution < -0.4 is 5.32 Å². The number of benzene rings is 3. The molecule has 6 heteroatoms. The molecular formula is C24H21Cl2N3O. The Kier molecular flexibility index (Phi) is 5.80. The average molecular weight is 438 g/mol. The summed E-state index contributed by atoms with van der Waals surface area (Å²) in [7, 11) is 0. The van der Waals surface area contributed by atoms with E-state index in [2.05, 4.69) is 9.88 Å². The van der Waals surface area contributed by atoms with Crippen molar-refractivity contribution in [3.05, 3.63) is 99.3 Å². The highest BCUT2D eigenvalue weighted by Crippen LogP contribution is 2.26. The topological polar surface area (TPSA) is 46.9 Å². The van der Waals surface area contributed by atoms with Gasteiger partial charge in [-0.1, -0.05) is 59.1 Å². The number of nitrogens with one attached hydrogen (secondary N) is 1. The summed E-state index contributed by atoms with van der Waals surface area (Å²) in [6.07, 6.45) is 0. The number of carbonyl (C=O) groups is 1. The normalized spacial score (nSPS) is 12.1. The van der Waals surface area contributed by atoms with Gasteiger partial charge < -0.3 is 9.88 Å². The summed E-state index contributed by atoms with van der Waals surface area (Å²) < 4.78 is 2.09. The molecule has 0 fully saturated rings. The number of fused-ring (bicyclic) bond motifs is 1. The van der Waals surface area contributed by atoms with Crippen LogP contribution in [0.15, 0.2) is 66.7 Å². The molecule has 1 N–H and O–H groups in total. The van der Waals surface area contributed by atoms with Gasteiger partial charge in [-0.25, -0.2) is 4.98 Å². The molecule has 0 bridgehead atoms. The van der Waals surface area contributed by atoms with Crippen LogP contribution in [0.1, 0.15) is 40.3 Å². The third-order valence-corrected chi connectivity index (χ3v) is 5.66. The van der Waals surface area contributed by atoms with Gasteiger partial charge in [0.15, 0.2) is 0 Å². The number of hydrogen-bond acceptors (Lipinski definition) is 2. The monoisotopic (exact) mass is 437 g/mol. The number of para-hydroxylation sites is 2. The zero-order valence-electron chi connectivity index (χ0n) is 16.7. The maximum Gasteiger partial charge on any atom is 0.251 e. The van der Waals surface area contributed by atoms with Crippen molar-refractivity contribution in [2.24, 2.45) is 0 Å². The van der Waals surface area contributed by atoms with E-state index < -0.39 is 0 Å². The molecule has 30 heavy (non-hydrogen) atoms. The fourth-order valence-electron chi connectivity index (χ4n) is 3.46. The number of imidazole rings is 1. The number of aryl methyl sites for hydroxylation is 1. The first-order valence-electron chi connectivity index (χ1n) is 9.69. The van der Waals surface area contributed by atoms with Crippen molar-refractivity contribution in [3.63, 3.8) is 0 Å². The average Bonchev–Trinajstić information content (AvgIpc) is 3.09. The molecule has 0 radical (unpaired) electrons. The first-order valence-corrected chi connectivity index (χ1v) is 10.4. The number of nitrogens with zero attached hydrogens (tertiary/aromatic N) is 2. The molecule has 152 valence electrons. The number of halogens is 2. The summed E-state index contributed by atoms with van der Waals surface area (Å²) in [5.41, 5.74) is 4.52. The van der Waals surface area contributed by atoms with Gasteiger partial charge in [0.05, 0.1) is 23.6 Å². The minimum atomic E-state index is -0.294. The molecule has 4 aromatic rings. The van der Waals surface area contributed by atoms with Crippen LogP contribution in [0.3, 0.4) is 0 Å². The smallest absolute Gasteiger partial charge is 0.251 e. The molecule has 1 amide bonds. The molecule has 0 aliphatic rings. The summed E-state index contributed by atoms with van der Waals surface area (Å²) >= 11 is 12.5. The van der Waals surface area contributed by atoms with Crippen molar-refractivity contribution in [2.75, 3.05) is 0 Å². The number of hydrogen-bond donors (Lipinski definition) is 1. The largest absolute Gasteiger partial charge is 0.342 e. The van der Waals surface area contributed by atoms with Gasteiger partial charge in [-0.15, -0.1) is 0 Å². The first-order chi connectivity index (χ1) is 14.4. The van der Waals surface area contributed by atoms with Crippen LogP contribution in [0.5, 0.6) is 0 Å². The molecule has 0 aliphatic heterocycles. The second kappa shape index (κ2) is 8.50. The Bertz CT molecular complexity index is 1220. The highest BCUT2D eigenvalue weighted by Gasteiger charge is 2.20. The van der Waals surface area contributed by atoms with E-state index in [1.54, 1.807) is 6.07 Å². The van der Waals surface area contributed by atoms with Gasteiger partial charge in [0, 0.05) is 15.6 Å². The molecule has 1 heterocycles. The maximum absolute atomic E-state index is 12.7. The highest BCUT2D eigenvalue weighted by atomic mass is 35.5. The molecule has 3 aromatic carbocycles. The Morgan fingerprint density at radius 2 is 1.80 bits per heavy atom. The van der Waals surface area contributed by atoms with E-state index in [-0.39, 0.29) is 11.9 Å². The Balaban J connectivity index is 1.68. The molecule has 0 saturated heterocycles. The summed E-state index contributed by atoms with van der Waals surface area (Å²) in [4.78, 5) is 17.5. The zero-order valence-corrected chi connectivity index (χ0v) is 18.2. The van der Waals surface area contributed by atoms with Gasteiger partial charge in [-0.3, -0.25) is 4.79 Å². The van der Waals surface area contributed by atoms with Crippen LogP contribution >= 0.6 is 23.2 Å². The molecule has 1 atom stereocenters. The lowest BCUT2D eigenvalue weighted by Crippen LogP contribution is -2.28. The maximum atomic E-state index is 12.7. The fraction of sp³-hybridized carbons (Fsp3) is 0.167. The third-order valence-electron chi connectivity index (χ3n) is 5.08. The number of aromatic nitrogens is 2. The molecule has 4 nitrogen and oxygen atoms in total. The van der Waals surface area contributed by atoms with Crippen LogP contribution in [-0.4, -0.2) is 15.5 Å². The SMILES string of the molecule is Cc1ccc(C(=O)NC(C)c2nc3ccccc3n2Cc2ccc(Cl)cc2Cl)cc1. The Hall–Kier alpha value is -2.82. The predicted octanol–water partition coefficient (Wildman–Crippen LogP) is 6.19. The molecular weight excluding hydrogens is 417 g/mol. The van der Waals surface area contributed by atoms with Gasteiger partial charge in [0.25, 0.3) is 5.91 Å². The lowest BCUT2D eigenvalue weighted by molar-refractivity contribution is 0.0938. The van der Waals surface area contributed by atoms with Crippen molar-refractivity contribution in [3.8, 4) is 0 Å². The second-order valence-corrected chi connectivity index (χ2v) is 8.19. The zero-order chi connectivity index (χ0) is 21.3. The van der Waals surface area contributed by atoms with Crippen LogP contribution in [0.2, 0.25) is 10.0 Å². The van der Waals surface area contributed by atoms with Gasteiger partial charge in [0.2, 0.25) is 0 Å². The number of rotatable bonds is 5. The van der Waals surface area contributed by atoms with Crippen LogP contribution in [0, 0.1) is 6.92 Å². The van der Waals surface area contributed by atoms with Crippen LogP contribution in [0.4, 0.5) is 0 Å². The summed E-state index contributed by atoms with van der Waals surface area (Å²) in [5, 5.41) is 4.26. The summed E-state index contributed by atoms with van der Waals surface area (Å²) in [5.74, 6) is 0.633. The van der Waals surface area contributed by atoms with Gasteiger partial charge in [-0.2, -0.15) is 0 Å². The van der Waals surface area contributed by atoms with Gasteiger partial charge in [0.1, 0.15) is 5.82 Å². The number of carbonyl (C=O) groups excluding carboxylic acids is 1. The van der Waals surface area contributed by atoms with E-state index in [1.165, 1.54) is 0 Å². The number of amides is 1. The predicted molar refractivity (Wildman–Crippen MR) is 122 cm³/mol. The van der Waals surface area contributed by atoms with E-state index in [0.717, 1.165) is 28.0 Å². The third kappa shape index (κ3) is 4.20. The highest BCUT2D eigenvalue weighted by molar-refractivity contribution is 6.35. The fourth-order valence-corrected chi connectivity index (χ4v) is 3.93. The molecule has 1 aromatic heterocycles. The van der Waals surface area contributed by atoms with Crippen molar-refractivity contribution in [1.82, 2.24) is 14.9 Å². The first kappa shape index (κ1) is 20.5. The molecule has 1 unspecified atom stereocenters. The van der Waals surface area contributed by atoms with Crippen molar-refractivity contribution in [1.29, 1.82) is 0 Å². The van der Waals surface area contributed by atoms with E-state index in [1.807, 2.05) is 74.5 Å². The Morgan fingerprint density at radius 1 is 1.07 bits per heavy atom. The minimum Gasteiger partial charge on any atom is -0.342 e. The van der Waals surface area contributed by atoms with Gasteiger partial charge >= 0.3 is 0 Å². The lowest BCUT2D eigenvalue weighted by Gasteiger charge is -2.17. The minimum absolute atomic E-state index is 0.134. The van der Waals surface area contributed by atoms with E-state index in [4.69, 9.17) is 28.2 Å². The molecule has 4 rings (SSSR count). The summed E-state index contributed by atoms with van der Waals surface area (Å²) in [6.45, 7) is 4.46. The Morgan fingerprint density at radius 3 is 2.53 bits per heavy atom. The molecule has 0 aliphatic carbocycles. The van der Waals surface area contributed by atoms with Crippen LogP contribution in [0.25, 0.3) is 11.0 Å². The second-order valence-electron chi connectivity index (χ2n) is 7.34. The van der Waals surface area contributed by atoms with Crippen LogP contribution in [-0.2, 0) is 6.54 Å². The van der Waals surface area contributed by atoms with Crippen molar-refractivity contribution < 1.29 is 4.79 Å². The Labute approximate surface area is 185 Å². The standard InChI is InChI=1S/C24H21Cl2N3O/c1-15-7-9-17(10-8-15)24(30)27-16(2)23-28-21-5-3-4-6-22(21)29(23)14-18-11-12-19(25)13-20(18)26/h3-13,16H,14H2,1-2H3,(H,27,30).